The molecule has 1 atom stereocenters. The lowest BCUT2D eigenvalue weighted by atomic mass is 9.99. The van der Waals surface area contributed by atoms with Crippen LogP contribution in [0.25, 0.3) is 0 Å². The number of nitrogens with one attached hydrogen (secondary N) is 1. The SMILES string of the molecule is Cc1cc(Cl)ccc1OC1(CC2CCNC2)CC1. The van der Waals surface area contributed by atoms with Gasteiger partial charge in [-0.05, 0) is 75.4 Å². The minimum Gasteiger partial charge on any atom is -0.487 e. The number of halogens is 1. The van der Waals surface area contributed by atoms with Crippen molar-refractivity contribution in [1.29, 1.82) is 0 Å². The first kappa shape index (κ1) is 12.3. The minimum absolute atomic E-state index is 0.120. The number of hydrogen-bond acceptors (Lipinski definition) is 2. The summed E-state index contributed by atoms with van der Waals surface area (Å²) in [5.74, 6) is 1.79. The van der Waals surface area contributed by atoms with Gasteiger partial charge in [0.15, 0.2) is 0 Å². The quantitative estimate of drug-likeness (QED) is 0.899. The molecule has 1 saturated carbocycles. The molecule has 1 aromatic rings. The molecule has 0 spiro atoms. The molecule has 1 aliphatic carbocycles. The van der Waals surface area contributed by atoms with Crippen molar-refractivity contribution in [2.24, 2.45) is 5.92 Å². The van der Waals surface area contributed by atoms with Crippen molar-refractivity contribution in [2.45, 2.75) is 38.2 Å². The highest BCUT2D eigenvalue weighted by atomic mass is 35.5. The first-order chi connectivity index (χ1) is 8.67. The lowest BCUT2D eigenvalue weighted by molar-refractivity contribution is 0.147. The predicted molar refractivity (Wildman–Crippen MR) is 74.4 cm³/mol. The van der Waals surface area contributed by atoms with Gasteiger partial charge < -0.3 is 10.1 Å². The topological polar surface area (TPSA) is 21.3 Å². The number of hydrogen-bond donors (Lipinski definition) is 1. The zero-order valence-corrected chi connectivity index (χ0v) is 11.6. The highest BCUT2D eigenvalue weighted by Gasteiger charge is 2.47. The summed E-state index contributed by atoms with van der Waals surface area (Å²) in [7, 11) is 0. The molecule has 1 aliphatic heterocycles. The molecule has 2 fully saturated rings. The van der Waals surface area contributed by atoms with E-state index >= 15 is 0 Å². The van der Waals surface area contributed by atoms with Gasteiger partial charge in [-0.15, -0.1) is 0 Å². The van der Waals surface area contributed by atoms with Crippen LogP contribution < -0.4 is 10.1 Å². The van der Waals surface area contributed by atoms with Gasteiger partial charge in [0.1, 0.15) is 11.4 Å². The third-order valence-electron chi connectivity index (χ3n) is 4.09. The first-order valence-electron chi connectivity index (χ1n) is 6.83. The predicted octanol–water partition coefficient (Wildman–Crippen LogP) is 3.56. The lowest BCUT2D eigenvalue weighted by Gasteiger charge is -2.22. The van der Waals surface area contributed by atoms with Crippen LogP contribution in [-0.4, -0.2) is 18.7 Å². The van der Waals surface area contributed by atoms with Gasteiger partial charge in [0.2, 0.25) is 0 Å². The normalized spacial score (nSPS) is 25.1. The molecular formula is C15H20ClNO. The van der Waals surface area contributed by atoms with E-state index in [9.17, 15) is 0 Å². The Labute approximate surface area is 114 Å². The maximum Gasteiger partial charge on any atom is 0.123 e. The number of aryl methyl sites for hydroxylation is 1. The van der Waals surface area contributed by atoms with Gasteiger partial charge >= 0.3 is 0 Å². The van der Waals surface area contributed by atoms with Crippen molar-refractivity contribution < 1.29 is 4.74 Å². The van der Waals surface area contributed by atoms with Crippen molar-refractivity contribution in [3.8, 4) is 5.75 Å². The van der Waals surface area contributed by atoms with Gasteiger partial charge in [-0.2, -0.15) is 0 Å². The molecule has 1 heterocycles. The second kappa shape index (κ2) is 4.75. The molecule has 98 valence electrons. The molecule has 18 heavy (non-hydrogen) atoms. The molecular weight excluding hydrogens is 246 g/mol. The van der Waals surface area contributed by atoms with E-state index in [4.69, 9.17) is 16.3 Å². The van der Waals surface area contributed by atoms with E-state index in [1.165, 1.54) is 32.2 Å². The average molecular weight is 266 g/mol. The molecule has 3 heteroatoms. The first-order valence-corrected chi connectivity index (χ1v) is 7.21. The van der Waals surface area contributed by atoms with Gasteiger partial charge in [-0.1, -0.05) is 11.6 Å². The molecule has 2 nitrogen and oxygen atoms in total. The molecule has 0 radical (unpaired) electrons. The molecule has 3 rings (SSSR count). The average Bonchev–Trinajstić information content (AvgIpc) is 2.86. The van der Waals surface area contributed by atoms with Gasteiger partial charge in [-0.3, -0.25) is 0 Å². The van der Waals surface area contributed by atoms with Gasteiger partial charge in [-0.25, -0.2) is 0 Å². The van der Waals surface area contributed by atoms with Crippen molar-refractivity contribution in [1.82, 2.24) is 5.32 Å². The highest BCUT2D eigenvalue weighted by molar-refractivity contribution is 6.30. The maximum atomic E-state index is 6.27. The molecule has 0 amide bonds. The fourth-order valence-electron chi connectivity index (χ4n) is 2.86. The summed E-state index contributed by atoms with van der Waals surface area (Å²) < 4.78 is 6.27. The fourth-order valence-corrected chi connectivity index (χ4v) is 3.09. The summed E-state index contributed by atoms with van der Waals surface area (Å²) in [4.78, 5) is 0. The third-order valence-corrected chi connectivity index (χ3v) is 4.33. The summed E-state index contributed by atoms with van der Waals surface area (Å²) in [6, 6.07) is 5.89. The van der Waals surface area contributed by atoms with E-state index < -0.39 is 0 Å². The monoisotopic (exact) mass is 265 g/mol. The largest absolute Gasteiger partial charge is 0.487 e. The highest BCUT2D eigenvalue weighted by Crippen LogP contribution is 2.46. The molecule has 1 aromatic carbocycles. The summed E-state index contributed by atoms with van der Waals surface area (Å²) in [6.07, 6.45) is 4.89. The van der Waals surface area contributed by atoms with Crippen LogP contribution >= 0.6 is 11.6 Å². The standard InChI is InChI=1S/C15H20ClNO/c1-11-8-13(16)2-3-14(11)18-15(5-6-15)9-12-4-7-17-10-12/h2-3,8,12,17H,4-7,9-10H2,1H3. The Bertz CT molecular complexity index is 436. The zero-order chi connectivity index (χ0) is 12.6. The number of ether oxygens (including phenoxy) is 1. The molecule has 1 unspecified atom stereocenters. The summed E-state index contributed by atoms with van der Waals surface area (Å²) in [6.45, 7) is 4.39. The van der Waals surface area contributed by atoms with Crippen molar-refractivity contribution in [3.63, 3.8) is 0 Å². The van der Waals surface area contributed by atoms with E-state index in [2.05, 4.69) is 12.2 Å². The zero-order valence-electron chi connectivity index (χ0n) is 10.8. The van der Waals surface area contributed by atoms with Crippen molar-refractivity contribution in [2.75, 3.05) is 13.1 Å². The Balaban J connectivity index is 1.67. The maximum absolute atomic E-state index is 6.27. The van der Waals surface area contributed by atoms with Crippen molar-refractivity contribution in [3.05, 3.63) is 28.8 Å². The molecule has 0 aromatic heterocycles. The van der Waals surface area contributed by atoms with Gasteiger partial charge in [0.05, 0.1) is 0 Å². The Hall–Kier alpha value is -0.730. The third kappa shape index (κ3) is 2.65. The summed E-state index contributed by atoms with van der Waals surface area (Å²) in [5.41, 5.74) is 1.26. The lowest BCUT2D eigenvalue weighted by Crippen LogP contribution is -2.24. The fraction of sp³-hybridized carbons (Fsp3) is 0.600. The van der Waals surface area contributed by atoms with Crippen LogP contribution in [0.3, 0.4) is 0 Å². The van der Waals surface area contributed by atoms with Crippen LogP contribution in [0.1, 0.15) is 31.2 Å². The smallest absolute Gasteiger partial charge is 0.123 e. The van der Waals surface area contributed by atoms with E-state index in [-0.39, 0.29) is 5.60 Å². The minimum atomic E-state index is 0.120. The number of rotatable bonds is 4. The van der Waals surface area contributed by atoms with Gasteiger partial charge in [0.25, 0.3) is 0 Å². The van der Waals surface area contributed by atoms with Crippen LogP contribution in [0, 0.1) is 12.8 Å². The van der Waals surface area contributed by atoms with E-state index in [0.717, 1.165) is 28.8 Å². The number of benzene rings is 1. The second-order valence-corrected chi connectivity index (χ2v) is 6.19. The van der Waals surface area contributed by atoms with Crippen LogP contribution in [0.15, 0.2) is 18.2 Å². The summed E-state index contributed by atoms with van der Waals surface area (Å²) >= 11 is 5.98. The molecule has 2 aliphatic rings. The van der Waals surface area contributed by atoms with Crippen LogP contribution in [-0.2, 0) is 0 Å². The molecule has 1 saturated heterocycles. The Morgan fingerprint density at radius 2 is 2.28 bits per heavy atom. The molecule has 1 N–H and O–H groups in total. The van der Waals surface area contributed by atoms with Crippen LogP contribution in [0.5, 0.6) is 5.75 Å². The van der Waals surface area contributed by atoms with E-state index in [1.54, 1.807) is 0 Å². The Morgan fingerprint density at radius 3 is 2.89 bits per heavy atom. The Kier molecular flexibility index (Phi) is 3.25. The second-order valence-electron chi connectivity index (χ2n) is 5.76. The van der Waals surface area contributed by atoms with Crippen LogP contribution in [0.4, 0.5) is 0 Å². The van der Waals surface area contributed by atoms with Crippen molar-refractivity contribution >= 4 is 11.6 Å². The van der Waals surface area contributed by atoms with E-state index in [0.29, 0.717) is 0 Å². The van der Waals surface area contributed by atoms with E-state index in [1.807, 2.05) is 18.2 Å². The Morgan fingerprint density at radius 1 is 1.44 bits per heavy atom. The summed E-state index contributed by atoms with van der Waals surface area (Å²) in [5, 5.41) is 4.21. The van der Waals surface area contributed by atoms with Gasteiger partial charge in [0, 0.05) is 5.02 Å². The van der Waals surface area contributed by atoms with Crippen LogP contribution in [0.2, 0.25) is 5.02 Å². The molecule has 0 bridgehead atoms.